The summed E-state index contributed by atoms with van der Waals surface area (Å²) in [4.78, 5) is 12.5. The number of ether oxygens (including phenoxy) is 2. The Bertz CT molecular complexity index is 931. The molecule has 1 heterocycles. The molecular weight excluding hydrogens is 380 g/mol. The van der Waals surface area contributed by atoms with E-state index in [4.69, 9.17) is 9.47 Å². The zero-order valence-corrected chi connectivity index (χ0v) is 16.7. The third-order valence-electron chi connectivity index (χ3n) is 4.33. The van der Waals surface area contributed by atoms with Crippen LogP contribution in [0.15, 0.2) is 48.5 Å². The summed E-state index contributed by atoms with van der Waals surface area (Å²) in [5.41, 5.74) is 2.42. The minimum Gasteiger partial charge on any atom is -0.476 e. The van der Waals surface area contributed by atoms with E-state index in [1.165, 1.54) is 4.31 Å². The first-order chi connectivity index (χ1) is 13.3. The number of hydrogen-bond donors (Lipinski definition) is 1. The number of rotatable bonds is 7. The van der Waals surface area contributed by atoms with Crippen LogP contribution in [0.1, 0.15) is 11.1 Å². The molecular formula is C20H24N2O5S. The highest BCUT2D eigenvalue weighted by Gasteiger charge is 2.34. The van der Waals surface area contributed by atoms with Crippen LogP contribution in [0, 0.1) is 6.92 Å². The standard InChI is InChI=1S/C20H24N2O5S/c1-15-8-9-17-18(12-15)27-19(13-22(17)28(2,24)25)20(23)21-10-11-26-14-16-6-4-3-5-7-16/h3-9,12,19H,10-11,13-14H2,1-2H3,(H,21,23). The molecule has 0 aliphatic carbocycles. The molecule has 1 atom stereocenters. The van der Waals surface area contributed by atoms with E-state index in [0.717, 1.165) is 17.4 Å². The van der Waals surface area contributed by atoms with Crippen LogP contribution in [0.3, 0.4) is 0 Å². The molecule has 2 aromatic rings. The van der Waals surface area contributed by atoms with Gasteiger partial charge in [-0.3, -0.25) is 9.10 Å². The quantitative estimate of drug-likeness (QED) is 0.712. The Kier molecular flexibility index (Phi) is 6.21. The van der Waals surface area contributed by atoms with Crippen LogP contribution in [0.2, 0.25) is 0 Å². The third kappa shape index (κ3) is 5.02. The lowest BCUT2D eigenvalue weighted by atomic mass is 10.1. The van der Waals surface area contributed by atoms with Gasteiger partial charge >= 0.3 is 0 Å². The molecule has 28 heavy (non-hydrogen) atoms. The average Bonchev–Trinajstić information content (AvgIpc) is 2.66. The van der Waals surface area contributed by atoms with E-state index >= 15 is 0 Å². The number of nitrogens with one attached hydrogen (secondary N) is 1. The lowest BCUT2D eigenvalue weighted by molar-refractivity contribution is -0.128. The minimum absolute atomic E-state index is 0.0639. The number of anilines is 1. The Labute approximate surface area is 165 Å². The van der Waals surface area contributed by atoms with Crippen molar-refractivity contribution in [1.82, 2.24) is 5.32 Å². The van der Waals surface area contributed by atoms with E-state index in [1.807, 2.05) is 43.3 Å². The number of carbonyl (C=O) groups is 1. The highest BCUT2D eigenvalue weighted by molar-refractivity contribution is 7.92. The molecule has 3 rings (SSSR count). The summed E-state index contributed by atoms with van der Waals surface area (Å²) >= 11 is 0. The van der Waals surface area contributed by atoms with Crippen LogP contribution < -0.4 is 14.4 Å². The summed E-state index contributed by atoms with van der Waals surface area (Å²) in [6, 6.07) is 15.0. The molecule has 0 fully saturated rings. The van der Waals surface area contributed by atoms with Gasteiger partial charge in [-0.1, -0.05) is 36.4 Å². The number of amides is 1. The van der Waals surface area contributed by atoms with Crippen LogP contribution >= 0.6 is 0 Å². The monoisotopic (exact) mass is 404 g/mol. The van der Waals surface area contributed by atoms with Gasteiger partial charge in [-0.05, 0) is 30.2 Å². The van der Waals surface area contributed by atoms with Crippen molar-refractivity contribution in [3.8, 4) is 5.75 Å². The first kappa shape index (κ1) is 20.2. The van der Waals surface area contributed by atoms with Gasteiger partial charge in [0, 0.05) is 6.54 Å². The summed E-state index contributed by atoms with van der Waals surface area (Å²) in [7, 11) is -3.53. The number of hydrogen-bond acceptors (Lipinski definition) is 5. The van der Waals surface area contributed by atoms with Gasteiger partial charge < -0.3 is 14.8 Å². The maximum Gasteiger partial charge on any atom is 0.263 e. The van der Waals surface area contributed by atoms with E-state index < -0.39 is 16.1 Å². The van der Waals surface area contributed by atoms with E-state index in [-0.39, 0.29) is 12.5 Å². The molecule has 8 heteroatoms. The summed E-state index contributed by atoms with van der Waals surface area (Å²) < 4.78 is 36.8. The van der Waals surface area contributed by atoms with Gasteiger partial charge in [0.25, 0.3) is 5.91 Å². The van der Waals surface area contributed by atoms with Gasteiger partial charge in [0.15, 0.2) is 6.10 Å². The molecule has 0 spiro atoms. The molecule has 1 N–H and O–H groups in total. The summed E-state index contributed by atoms with van der Waals surface area (Å²) in [6.45, 7) is 2.93. The van der Waals surface area contributed by atoms with Crippen molar-refractivity contribution in [1.29, 1.82) is 0 Å². The second-order valence-electron chi connectivity index (χ2n) is 6.70. The molecule has 0 bridgehead atoms. The highest BCUT2D eigenvalue weighted by atomic mass is 32.2. The van der Waals surface area contributed by atoms with Crippen molar-refractivity contribution in [3.05, 3.63) is 59.7 Å². The van der Waals surface area contributed by atoms with Crippen molar-refractivity contribution in [3.63, 3.8) is 0 Å². The molecule has 0 aromatic heterocycles. The van der Waals surface area contributed by atoms with Crippen molar-refractivity contribution >= 4 is 21.6 Å². The second-order valence-corrected chi connectivity index (χ2v) is 8.61. The van der Waals surface area contributed by atoms with Crippen LogP contribution in [-0.2, 0) is 26.2 Å². The SMILES string of the molecule is Cc1ccc2c(c1)OC(C(=O)NCCOCc1ccccc1)CN2S(C)(=O)=O. The lowest BCUT2D eigenvalue weighted by Crippen LogP contribution is -2.50. The summed E-state index contributed by atoms with van der Waals surface area (Å²) in [5, 5.41) is 2.75. The fourth-order valence-electron chi connectivity index (χ4n) is 2.94. The highest BCUT2D eigenvalue weighted by Crippen LogP contribution is 2.35. The Balaban J connectivity index is 1.56. The first-order valence-corrected chi connectivity index (χ1v) is 10.8. The molecule has 2 aromatic carbocycles. The number of fused-ring (bicyclic) bond motifs is 1. The molecule has 1 aliphatic heterocycles. The van der Waals surface area contributed by atoms with E-state index in [1.54, 1.807) is 12.1 Å². The summed E-state index contributed by atoms with van der Waals surface area (Å²) in [6.07, 6.45) is 0.201. The topological polar surface area (TPSA) is 84.9 Å². The van der Waals surface area contributed by atoms with Crippen molar-refractivity contribution in [2.75, 3.05) is 30.3 Å². The Hall–Kier alpha value is -2.58. The maximum absolute atomic E-state index is 12.5. The lowest BCUT2D eigenvalue weighted by Gasteiger charge is -2.34. The average molecular weight is 404 g/mol. The van der Waals surface area contributed by atoms with Crippen molar-refractivity contribution in [2.24, 2.45) is 0 Å². The molecule has 1 aliphatic rings. The fraction of sp³-hybridized carbons (Fsp3) is 0.350. The number of benzene rings is 2. The van der Waals surface area contributed by atoms with Crippen LogP contribution in [0.5, 0.6) is 5.75 Å². The number of sulfonamides is 1. The molecule has 7 nitrogen and oxygen atoms in total. The molecule has 1 amide bonds. The van der Waals surface area contributed by atoms with Gasteiger partial charge in [0.1, 0.15) is 5.75 Å². The van der Waals surface area contributed by atoms with Crippen molar-refractivity contribution < 1.29 is 22.7 Å². The Morgan fingerprint density at radius 3 is 2.71 bits per heavy atom. The number of aryl methyl sites for hydroxylation is 1. The molecule has 0 radical (unpaired) electrons. The molecule has 0 saturated heterocycles. The zero-order chi connectivity index (χ0) is 20.1. The second kappa shape index (κ2) is 8.62. The third-order valence-corrected chi connectivity index (χ3v) is 5.48. The van der Waals surface area contributed by atoms with Gasteiger partial charge in [0.05, 0.1) is 31.7 Å². The van der Waals surface area contributed by atoms with Gasteiger partial charge in [-0.2, -0.15) is 0 Å². The number of carbonyl (C=O) groups excluding carboxylic acids is 1. The van der Waals surface area contributed by atoms with Crippen LogP contribution in [0.4, 0.5) is 5.69 Å². The van der Waals surface area contributed by atoms with Crippen LogP contribution in [0.25, 0.3) is 0 Å². The Morgan fingerprint density at radius 1 is 1.25 bits per heavy atom. The summed E-state index contributed by atoms with van der Waals surface area (Å²) in [5.74, 6) is 0.0151. The molecule has 0 saturated carbocycles. The van der Waals surface area contributed by atoms with Crippen LogP contribution in [-0.4, -0.2) is 46.4 Å². The van der Waals surface area contributed by atoms with E-state index in [0.29, 0.717) is 31.2 Å². The largest absolute Gasteiger partial charge is 0.476 e. The smallest absolute Gasteiger partial charge is 0.263 e. The normalized spacial score (nSPS) is 16.2. The van der Waals surface area contributed by atoms with Gasteiger partial charge in [0.2, 0.25) is 10.0 Å². The predicted molar refractivity (Wildman–Crippen MR) is 107 cm³/mol. The Morgan fingerprint density at radius 2 is 2.00 bits per heavy atom. The molecule has 1 unspecified atom stereocenters. The van der Waals surface area contributed by atoms with E-state index in [9.17, 15) is 13.2 Å². The van der Waals surface area contributed by atoms with Gasteiger partial charge in [-0.15, -0.1) is 0 Å². The van der Waals surface area contributed by atoms with Crippen molar-refractivity contribution in [2.45, 2.75) is 19.6 Å². The van der Waals surface area contributed by atoms with E-state index in [2.05, 4.69) is 5.32 Å². The predicted octanol–water partition coefficient (Wildman–Crippen LogP) is 1.86. The fourth-order valence-corrected chi connectivity index (χ4v) is 3.85. The maximum atomic E-state index is 12.5. The minimum atomic E-state index is -3.53. The molecule has 150 valence electrons. The first-order valence-electron chi connectivity index (χ1n) is 8.99. The number of nitrogens with zero attached hydrogens (tertiary/aromatic N) is 1. The van der Waals surface area contributed by atoms with Gasteiger partial charge in [-0.25, -0.2) is 8.42 Å². The zero-order valence-electron chi connectivity index (χ0n) is 15.9.